The fourth-order valence-electron chi connectivity index (χ4n) is 8.04. The van der Waals surface area contributed by atoms with Crippen molar-refractivity contribution >= 4 is 34.0 Å². The van der Waals surface area contributed by atoms with Crippen molar-refractivity contribution in [2.24, 2.45) is 0 Å². The first kappa shape index (κ1) is 36.7. The van der Waals surface area contributed by atoms with Crippen molar-refractivity contribution < 1.29 is 0 Å². The van der Waals surface area contributed by atoms with E-state index in [1.807, 2.05) is 0 Å². The zero-order valence-electron chi connectivity index (χ0n) is 32.5. The minimum Gasteiger partial charge on any atom is -0.327 e. The molecule has 6 aromatic rings. The molecule has 1 aliphatic carbocycles. The van der Waals surface area contributed by atoms with Gasteiger partial charge in [-0.25, -0.2) is 0 Å². The van der Waals surface area contributed by atoms with Gasteiger partial charge in [-0.3, -0.25) is 0 Å². The Bertz CT molecular complexity index is 2210. The summed E-state index contributed by atoms with van der Waals surface area (Å²) in [4.78, 5) is 5.05. The van der Waals surface area contributed by atoms with Crippen LogP contribution < -0.4 is 9.80 Å². The van der Waals surface area contributed by atoms with E-state index in [0.29, 0.717) is 0 Å². The smallest absolute Gasteiger partial charge is 0.0924 e. The quantitative estimate of drug-likeness (QED) is 0.111. The molecule has 1 aliphatic rings. The van der Waals surface area contributed by atoms with E-state index in [-0.39, 0.29) is 0 Å². The van der Waals surface area contributed by atoms with Gasteiger partial charge in [0.1, 0.15) is 0 Å². The van der Waals surface area contributed by atoms with Crippen LogP contribution in [0.5, 0.6) is 0 Å². The lowest BCUT2D eigenvalue weighted by atomic mass is 9.78. The molecule has 272 valence electrons. The summed E-state index contributed by atoms with van der Waals surface area (Å²) >= 11 is 0. The predicted octanol–water partition coefficient (Wildman–Crippen LogP) is 14.5. The Balaban J connectivity index is 1.29. The second-order valence-corrected chi connectivity index (χ2v) is 14.8. The van der Waals surface area contributed by atoms with Crippen LogP contribution in [0.4, 0.5) is 28.4 Å². The predicted molar refractivity (Wildman–Crippen MR) is 233 cm³/mol. The Morgan fingerprint density at radius 3 is 1.72 bits per heavy atom. The van der Waals surface area contributed by atoms with E-state index in [2.05, 4.69) is 207 Å². The topological polar surface area (TPSA) is 6.48 Å². The Morgan fingerprint density at radius 2 is 1.11 bits per heavy atom. The molecule has 0 aliphatic heterocycles. The van der Waals surface area contributed by atoms with Gasteiger partial charge < -0.3 is 9.80 Å². The van der Waals surface area contributed by atoms with Crippen LogP contribution >= 0.6 is 0 Å². The van der Waals surface area contributed by atoms with E-state index in [9.17, 15) is 0 Å². The lowest BCUT2D eigenvalue weighted by molar-refractivity contribution is 0.546. The van der Waals surface area contributed by atoms with Gasteiger partial charge in [0, 0.05) is 28.4 Å². The number of anilines is 5. The van der Waals surface area contributed by atoms with Crippen LogP contribution in [0, 0.1) is 13.8 Å². The van der Waals surface area contributed by atoms with E-state index >= 15 is 0 Å². The molecule has 0 fully saturated rings. The molecule has 54 heavy (non-hydrogen) atoms. The van der Waals surface area contributed by atoms with Gasteiger partial charge in [0.05, 0.1) is 5.54 Å². The molecule has 2 nitrogen and oxygen atoms in total. The zero-order valence-corrected chi connectivity index (χ0v) is 32.5. The van der Waals surface area contributed by atoms with Crippen molar-refractivity contribution in [2.75, 3.05) is 9.80 Å². The van der Waals surface area contributed by atoms with E-state index in [1.54, 1.807) is 0 Å². The monoisotopic (exact) mass is 706 g/mol. The average molecular weight is 707 g/mol. The molecule has 7 rings (SSSR count). The van der Waals surface area contributed by atoms with Crippen molar-refractivity contribution in [1.29, 1.82) is 0 Å². The average Bonchev–Trinajstić information content (AvgIpc) is 3.21. The fourth-order valence-corrected chi connectivity index (χ4v) is 8.04. The maximum atomic E-state index is 2.61. The molecule has 1 unspecified atom stereocenters. The van der Waals surface area contributed by atoms with Gasteiger partial charge in [-0.05, 0) is 133 Å². The number of hydrogen-bond donors (Lipinski definition) is 0. The van der Waals surface area contributed by atoms with Crippen molar-refractivity contribution in [3.05, 3.63) is 203 Å². The molecule has 0 aromatic heterocycles. The highest BCUT2D eigenvalue weighted by Gasteiger charge is 2.39. The molecule has 0 saturated heterocycles. The third-order valence-electron chi connectivity index (χ3n) is 10.9. The number of para-hydroxylation sites is 2. The first-order valence-electron chi connectivity index (χ1n) is 20.0. The second kappa shape index (κ2) is 17.0. The number of rotatable bonds is 14. The molecule has 6 aromatic carbocycles. The van der Waals surface area contributed by atoms with Crippen molar-refractivity contribution in [1.82, 2.24) is 0 Å². The Hall–Kier alpha value is -5.60. The van der Waals surface area contributed by atoms with E-state index in [4.69, 9.17) is 0 Å². The van der Waals surface area contributed by atoms with Crippen LogP contribution in [0.15, 0.2) is 170 Å². The third kappa shape index (κ3) is 7.85. The Morgan fingerprint density at radius 1 is 0.537 bits per heavy atom. The maximum absolute atomic E-state index is 2.61. The van der Waals surface area contributed by atoms with Crippen molar-refractivity contribution in [2.45, 2.75) is 78.2 Å². The summed E-state index contributed by atoms with van der Waals surface area (Å²) in [6, 6.07) is 56.1. The van der Waals surface area contributed by atoms with Gasteiger partial charge in [-0.15, -0.1) is 0 Å². The number of hydrogen-bond acceptors (Lipinski definition) is 2. The Labute approximate surface area is 324 Å². The maximum Gasteiger partial charge on any atom is 0.0924 e. The number of aryl methyl sites for hydroxylation is 4. The molecule has 0 radical (unpaired) electrons. The van der Waals surface area contributed by atoms with Gasteiger partial charge in [0.2, 0.25) is 0 Å². The van der Waals surface area contributed by atoms with E-state index in [0.717, 1.165) is 19.3 Å². The first-order chi connectivity index (χ1) is 26.5. The number of nitrogens with zero attached hydrogens (tertiary/aromatic N) is 2. The van der Waals surface area contributed by atoms with E-state index in [1.165, 1.54) is 93.1 Å². The van der Waals surface area contributed by atoms with Crippen LogP contribution in [0.2, 0.25) is 0 Å². The van der Waals surface area contributed by atoms with Crippen LogP contribution in [0.25, 0.3) is 5.57 Å². The summed E-state index contributed by atoms with van der Waals surface area (Å²) in [6.45, 7) is 8.92. The summed E-state index contributed by atoms with van der Waals surface area (Å²) in [5.41, 5.74) is 14.7. The second-order valence-electron chi connectivity index (χ2n) is 14.8. The van der Waals surface area contributed by atoms with Crippen LogP contribution in [0.3, 0.4) is 0 Å². The standard InChI is InChI=1S/C52H54N2/c1-5-7-20-44-22-12-14-28-50(44)53(48-26-16-18-40(3)38-48)47-32-30-42(31-33-47)43-34-36-52(37-35-43,46-24-10-9-11-25-46)54(49-27-17-19-41(4)39-49)51-29-15-13-23-45(51)21-8-6-2/h9-19,22-36,38-39H,5-8,20-21,37H2,1-4H3. The van der Waals surface area contributed by atoms with Crippen LogP contribution in [-0.4, -0.2) is 0 Å². The lowest BCUT2D eigenvalue weighted by Crippen LogP contribution is -2.43. The van der Waals surface area contributed by atoms with Crippen molar-refractivity contribution in [3.63, 3.8) is 0 Å². The van der Waals surface area contributed by atoms with Crippen LogP contribution in [-0.2, 0) is 18.4 Å². The number of allylic oxidation sites excluding steroid dienone is 2. The SMILES string of the molecule is CCCCc1ccccc1N(c1ccc(C2=CCC(c3ccccc3)(N(c3cccc(C)c3)c3ccccc3CCCC)C=C2)cc1)c1cccc(C)c1. The molecule has 0 spiro atoms. The first-order valence-corrected chi connectivity index (χ1v) is 20.0. The summed E-state index contributed by atoms with van der Waals surface area (Å²) in [7, 11) is 0. The van der Waals surface area contributed by atoms with Gasteiger partial charge in [0.25, 0.3) is 0 Å². The van der Waals surface area contributed by atoms with Gasteiger partial charge >= 0.3 is 0 Å². The molecule has 0 N–H and O–H groups in total. The highest BCUT2D eigenvalue weighted by molar-refractivity contribution is 5.83. The molecule has 0 bridgehead atoms. The summed E-state index contributed by atoms with van der Waals surface area (Å²) in [5, 5.41) is 0. The number of benzene rings is 6. The minimum atomic E-state index is -0.412. The minimum absolute atomic E-state index is 0.412. The molecular formula is C52H54N2. The molecule has 2 heteroatoms. The number of unbranched alkanes of at least 4 members (excludes halogenated alkanes) is 2. The third-order valence-corrected chi connectivity index (χ3v) is 10.9. The van der Waals surface area contributed by atoms with Gasteiger partial charge in [-0.1, -0.05) is 148 Å². The largest absolute Gasteiger partial charge is 0.327 e. The molecular weight excluding hydrogens is 653 g/mol. The normalized spacial score (nSPS) is 15.1. The molecule has 0 amide bonds. The van der Waals surface area contributed by atoms with Gasteiger partial charge in [0.15, 0.2) is 0 Å². The van der Waals surface area contributed by atoms with Crippen LogP contribution in [0.1, 0.15) is 79.3 Å². The summed E-state index contributed by atoms with van der Waals surface area (Å²) < 4.78 is 0. The summed E-state index contributed by atoms with van der Waals surface area (Å²) in [5.74, 6) is 0. The Kier molecular flexibility index (Phi) is 11.6. The molecule has 0 saturated carbocycles. The molecule has 1 atom stereocenters. The molecule has 0 heterocycles. The van der Waals surface area contributed by atoms with Gasteiger partial charge in [-0.2, -0.15) is 0 Å². The van der Waals surface area contributed by atoms with Crippen molar-refractivity contribution in [3.8, 4) is 0 Å². The highest BCUT2D eigenvalue weighted by Crippen LogP contribution is 2.48. The van der Waals surface area contributed by atoms with E-state index < -0.39 is 5.54 Å². The fraction of sp³-hybridized carbons (Fsp3) is 0.231. The lowest BCUT2D eigenvalue weighted by Gasteiger charge is -2.46. The summed E-state index contributed by atoms with van der Waals surface area (Å²) in [6.07, 6.45) is 14.9. The zero-order chi connectivity index (χ0) is 37.3. The highest BCUT2D eigenvalue weighted by atomic mass is 15.2.